The SMILES string of the molecule is c1ccc(-c2c3ccccc3nc3c2ccc2ccc(-c4ccc(-c5ccnc6c5ccc5cccnc56)c5ccccc45)nc23)cc1.c1ccc(-c2c3ccccc3nc3c2ccc2ccc(-c4ccc5cc(-c6ccnc7c6ccc6cccnc67)ccc5c4)nc23)cc1. The zero-order valence-corrected chi connectivity index (χ0v) is 51.6. The van der Waals surface area contributed by atoms with Gasteiger partial charge in [-0.2, -0.15) is 0 Å². The first-order valence-electron chi connectivity index (χ1n) is 32.3. The van der Waals surface area contributed by atoms with E-state index in [0.29, 0.717) is 0 Å². The van der Waals surface area contributed by atoms with E-state index in [4.69, 9.17) is 29.9 Å². The Hall–Kier alpha value is -13.0. The Kier molecular flexibility index (Phi) is 12.7. The van der Waals surface area contributed by atoms with E-state index in [1.54, 1.807) is 0 Å². The molecule has 0 saturated carbocycles. The molecule has 0 bridgehead atoms. The van der Waals surface area contributed by atoms with E-state index in [1.165, 1.54) is 33.0 Å². The number of nitrogens with zero attached hydrogens (tertiary/aromatic N) is 8. The molecule has 0 saturated heterocycles. The fourth-order valence-corrected chi connectivity index (χ4v) is 14.5. The summed E-state index contributed by atoms with van der Waals surface area (Å²) in [6, 6.07) is 102. The van der Waals surface area contributed by atoms with Crippen LogP contribution in [-0.2, 0) is 0 Å². The maximum Gasteiger partial charge on any atom is 0.0978 e. The van der Waals surface area contributed by atoms with E-state index < -0.39 is 0 Å². The summed E-state index contributed by atoms with van der Waals surface area (Å²) in [4.78, 5) is 39.8. The lowest BCUT2D eigenvalue weighted by Crippen LogP contribution is -1.94. The van der Waals surface area contributed by atoms with E-state index in [1.807, 2.05) is 36.9 Å². The Labute approximate surface area is 550 Å². The second-order valence-electron chi connectivity index (χ2n) is 24.5. The predicted octanol–water partition coefficient (Wildman–Crippen LogP) is 22.4. The molecular formula is C88H52N8. The molecule has 444 valence electrons. The predicted molar refractivity (Wildman–Crippen MR) is 398 cm³/mol. The largest absolute Gasteiger partial charge is 0.254 e. The number of aromatic nitrogens is 8. The van der Waals surface area contributed by atoms with E-state index in [9.17, 15) is 0 Å². The molecule has 8 aromatic heterocycles. The average Bonchev–Trinajstić information content (AvgIpc) is 0.764. The zero-order chi connectivity index (χ0) is 63.2. The first kappa shape index (κ1) is 54.7. The number of hydrogen-bond donors (Lipinski definition) is 0. The number of fused-ring (bicyclic) bond motifs is 16. The molecule has 0 radical (unpaired) electrons. The van der Waals surface area contributed by atoms with Crippen LogP contribution in [0.5, 0.6) is 0 Å². The minimum absolute atomic E-state index is 0.903. The van der Waals surface area contributed by atoms with Crippen molar-refractivity contribution in [3.8, 4) is 67.0 Å². The monoisotopic (exact) mass is 1220 g/mol. The highest BCUT2D eigenvalue weighted by molar-refractivity contribution is 6.19. The lowest BCUT2D eigenvalue weighted by Gasteiger charge is -2.15. The maximum absolute atomic E-state index is 5.37. The lowest BCUT2D eigenvalue weighted by molar-refractivity contribution is 1.37. The Morgan fingerprint density at radius 3 is 1.17 bits per heavy atom. The summed E-state index contributed by atoms with van der Waals surface area (Å²) in [6.45, 7) is 0. The van der Waals surface area contributed by atoms with Crippen molar-refractivity contribution in [2.24, 2.45) is 0 Å². The molecular weight excluding hydrogens is 1170 g/mol. The molecule has 8 nitrogen and oxygen atoms in total. The van der Waals surface area contributed by atoms with E-state index >= 15 is 0 Å². The van der Waals surface area contributed by atoms with Gasteiger partial charge in [0, 0.05) is 101 Å². The fourth-order valence-electron chi connectivity index (χ4n) is 14.5. The van der Waals surface area contributed by atoms with Crippen LogP contribution in [0.15, 0.2) is 316 Å². The summed E-state index contributed by atoms with van der Waals surface area (Å²) in [5.74, 6) is 0. The van der Waals surface area contributed by atoms with Crippen molar-refractivity contribution >= 4 is 131 Å². The topological polar surface area (TPSA) is 103 Å². The van der Waals surface area contributed by atoms with Gasteiger partial charge in [0.25, 0.3) is 0 Å². The number of rotatable bonds is 6. The Balaban J connectivity index is 0.000000135. The van der Waals surface area contributed by atoms with Crippen molar-refractivity contribution in [2.75, 3.05) is 0 Å². The molecule has 0 fully saturated rings. The zero-order valence-electron chi connectivity index (χ0n) is 51.6. The molecule has 20 aromatic rings. The maximum atomic E-state index is 5.37. The van der Waals surface area contributed by atoms with Gasteiger partial charge in [-0.25, -0.2) is 19.9 Å². The molecule has 8 heteroatoms. The second-order valence-corrected chi connectivity index (χ2v) is 24.5. The molecule has 0 unspecified atom stereocenters. The molecule has 96 heavy (non-hydrogen) atoms. The third-order valence-electron chi connectivity index (χ3n) is 19.0. The number of pyridine rings is 8. The van der Waals surface area contributed by atoms with Gasteiger partial charge in [-0.15, -0.1) is 0 Å². The Bertz CT molecular complexity index is 6590. The van der Waals surface area contributed by atoms with Crippen molar-refractivity contribution < 1.29 is 0 Å². The van der Waals surface area contributed by atoms with Crippen molar-refractivity contribution in [1.82, 2.24) is 39.9 Å². The highest BCUT2D eigenvalue weighted by Crippen LogP contribution is 2.43. The third-order valence-corrected chi connectivity index (χ3v) is 19.0. The van der Waals surface area contributed by atoms with E-state index in [2.05, 4.69) is 289 Å². The van der Waals surface area contributed by atoms with Crippen LogP contribution in [0.25, 0.3) is 198 Å². The quantitative estimate of drug-likeness (QED) is 0.120. The smallest absolute Gasteiger partial charge is 0.0978 e. The lowest BCUT2D eigenvalue weighted by atomic mass is 9.91. The minimum atomic E-state index is 0.903. The number of para-hydroxylation sites is 2. The first-order valence-corrected chi connectivity index (χ1v) is 32.3. The molecule has 0 amide bonds. The molecule has 8 heterocycles. The van der Waals surface area contributed by atoms with Gasteiger partial charge in [-0.1, -0.05) is 231 Å². The van der Waals surface area contributed by atoms with Gasteiger partial charge in [0.05, 0.1) is 66.6 Å². The van der Waals surface area contributed by atoms with Crippen LogP contribution in [0.4, 0.5) is 0 Å². The van der Waals surface area contributed by atoms with Crippen molar-refractivity contribution in [3.63, 3.8) is 0 Å². The minimum Gasteiger partial charge on any atom is -0.254 e. The first-order chi connectivity index (χ1) is 47.6. The second kappa shape index (κ2) is 22.4. The summed E-state index contributed by atoms with van der Waals surface area (Å²) in [5, 5.41) is 15.7. The summed E-state index contributed by atoms with van der Waals surface area (Å²) in [7, 11) is 0. The van der Waals surface area contributed by atoms with E-state index in [0.717, 1.165) is 165 Å². The molecule has 0 N–H and O–H groups in total. The third kappa shape index (κ3) is 9.06. The van der Waals surface area contributed by atoms with E-state index in [-0.39, 0.29) is 0 Å². The number of benzene rings is 12. The van der Waals surface area contributed by atoms with Crippen LogP contribution in [-0.4, -0.2) is 39.9 Å². The van der Waals surface area contributed by atoms with Gasteiger partial charge < -0.3 is 0 Å². The molecule has 12 aromatic carbocycles. The van der Waals surface area contributed by atoms with Gasteiger partial charge >= 0.3 is 0 Å². The molecule has 20 rings (SSSR count). The van der Waals surface area contributed by atoms with Crippen molar-refractivity contribution in [1.29, 1.82) is 0 Å². The Morgan fingerprint density at radius 1 is 0.177 bits per heavy atom. The van der Waals surface area contributed by atoms with Crippen LogP contribution in [0, 0.1) is 0 Å². The molecule has 0 aliphatic rings. The van der Waals surface area contributed by atoms with Crippen LogP contribution in [0.1, 0.15) is 0 Å². The average molecular weight is 1220 g/mol. The van der Waals surface area contributed by atoms with Crippen LogP contribution in [0.3, 0.4) is 0 Å². The summed E-state index contributed by atoms with van der Waals surface area (Å²) >= 11 is 0. The summed E-state index contributed by atoms with van der Waals surface area (Å²) in [6.07, 6.45) is 7.44. The Morgan fingerprint density at radius 2 is 0.583 bits per heavy atom. The van der Waals surface area contributed by atoms with Gasteiger partial charge in [0.2, 0.25) is 0 Å². The van der Waals surface area contributed by atoms with Gasteiger partial charge in [0.1, 0.15) is 0 Å². The van der Waals surface area contributed by atoms with Crippen LogP contribution < -0.4 is 0 Å². The molecule has 0 spiro atoms. The highest BCUT2D eigenvalue weighted by Gasteiger charge is 2.20. The van der Waals surface area contributed by atoms with Crippen molar-refractivity contribution in [3.05, 3.63) is 316 Å². The summed E-state index contributed by atoms with van der Waals surface area (Å²) in [5.41, 5.74) is 22.6. The number of hydrogen-bond acceptors (Lipinski definition) is 8. The summed E-state index contributed by atoms with van der Waals surface area (Å²) < 4.78 is 0. The highest BCUT2D eigenvalue weighted by atomic mass is 14.8. The molecule has 0 aliphatic heterocycles. The standard InChI is InChI=1S/2C44H26N4/c1-2-9-27(10-3-1)40-36-14-6-7-15-38(36)48-44-37(40)20-17-29-18-23-39(47-42(29)44)34-22-21-32(30-12-4-5-13-31(30)34)33-24-26-46-43-35(33)19-16-28-11-8-25-45-41(28)43;1-2-7-27(8-3-1)40-36-10-4-5-11-39(36)48-44-37(40)20-17-29-18-21-38(47-42(29)44)33-15-13-30-25-32(14-12-31(30)26-33)34-22-24-46-43-35(34)19-16-28-9-6-23-45-41(28)43/h2*1-26H. The van der Waals surface area contributed by atoms with Gasteiger partial charge in [-0.3, -0.25) is 19.9 Å². The van der Waals surface area contributed by atoms with Gasteiger partial charge in [0.15, 0.2) is 0 Å². The van der Waals surface area contributed by atoms with Crippen molar-refractivity contribution in [2.45, 2.75) is 0 Å². The van der Waals surface area contributed by atoms with Crippen LogP contribution in [0.2, 0.25) is 0 Å². The molecule has 0 aliphatic carbocycles. The fraction of sp³-hybridized carbons (Fsp3) is 0. The molecule has 0 atom stereocenters. The van der Waals surface area contributed by atoms with Crippen LogP contribution >= 0.6 is 0 Å². The van der Waals surface area contributed by atoms with Gasteiger partial charge in [-0.05, 0) is 116 Å². The normalized spacial score (nSPS) is 11.8.